The lowest BCUT2D eigenvalue weighted by Crippen LogP contribution is -2.30. The lowest BCUT2D eigenvalue weighted by Gasteiger charge is -2.09. The molecule has 0 aliphatic carbocycles. The van der Waals surface area contributed by atoms with Crippen LogP contribution in [0, 0.1) is 12.7 Å². The Morgan fingerprint density at radius 1 is 1.16 bits per heavy atom. The molecule has 0 bridgehead atoms. The second-order valence-electron chi connectivity index (χ2n) is 5.40. The molecule has 3 aromatic rings. The van der Waals surface area contributed by atoms with Crippen molar-refractivity contribution in [3.63, 3.8) is 0 Å². The molecule has 0 unspecified atom stereocenters. The molecule has 1 amide bonds. The molecular weight excluding hydrogens is 325 g/mol. The maximum atomic E-state index is 13.6. The number of nitrogens with one attached hydrogen (secondary N) is 1. The van der Waals surface area contributed by atoms with Crippen molar-refractivity contribution in [2.75, 3.05) is 6.61 Å². The molecular formula is C18H16FN3O3. The van der Waals surface area contributed by atoms with Gasteiger partial charge in [-0.2, -0.15) is 0 Å². The number of nitrogens with two attached hydrogens (primary N) is 1. The van der Waals surface area contributed by atoms with Gasteiger partial charge < -0.3 is 4.74 Å². The van der Waals surface area contributed by atoms with Crippen molar-refractivity contribution < 1.29 is 18.7 Å². The van der Waals surface area contributed by atoms with Gasteiger partial charge in [0.1, 0.15) is 0 Å². The van der Waals surface area contributed by atoms with E-state index in [4.69, 9.17) is 10.6 Å². The molecule has 6 nitrogen and oxygen atoms in total. The molecule has 2 aromatic carbocycles. The first-order chi connectivity index (χ1) is 12.0. The number of para-hydroxylation sites is 2. The Morgan fingerprint density at radius 3 is 2.56 bits per heavy atom. The molecule has 0 fully saturated rings. The maximum absolute atomic E-state index is 13.6. The third-order valence-electron chi connectivity index (χ3n) is 3.91. The summed E-state index contributed by atoms with van der Waals surface area (Å²) in [7, 11) is 0. The van der Waals surface area contributed by atoms with Crippen molar-refractivity contribution in [2.45, 2.75) is 6.92 Å². The molecule has 1 heterocycles. The zero-order valence-electron chi connectivity index (χ0n) is 13.5. The van der Waals surface area contributed by atoms with Crippen LogP contribution in [0.3, 0.4) is 0 Å². The highest BCUT2D eigenvalue weighted by Crippen LogP contribution is 2.26. The fourth-order valence-electron chi connectivity index (χ4n) is 2.81. The molecule has 0 spiro atoms. The number of halogens is 1. The number of hydrogen-bond acceptors (Lipinski definition) is 4. The van der Waals surface area contributed by atoms with Crippen LogP contribution in [0.5, 0.6) is 5.75 Å². The van der Waals surface area contributed by atoms with Crippen LogP contribution in [-0.2, 0) is 0 Å². The number of hydrogen-bond donors (Lipinski definition) is 2. The van der Waals surface area contributed by atoms with Gasteiger partial charge >= 0.3 is 0 Å². The lowest BCUT2D eigenvalue weighted by atomic mass is 10.1. The Balaban J connectivity index is 1.98. The van der Waals surface area contributed by atoms with E-state index in [1.54, 1.807) is 37.3 Å². The molecule has 0 radical (unpaired) electrons. The summed E-state index contributed by atoms with van der Waals surface area (Å²) in [5.41, 5.74) is 3.40. The van der Waals surface area contributed by atoms with Gasteiger partial charge in [-0.3, -0.25) is 19.6 Å². The smallest absolute Gasteiger partial charge is 0.269 e. The third kappa shape index (κ3) is 2.97. The second-order valence-corrected chi connectivity index (χ2v) is 5.40. The topological polar surface area (TPSA) is 86.4 Å². The lowest BCUT2D eigenvalue weighted by molar-refractivity contribution is 0.0838. The van der Waals surface area contributed by atoms with Crippen molar-refractivity contribution in [3.05, 3.63) is 65.6 Å². The number of carbonyl (C=O) groups excluding carboxylic acids is 2. The molecule has 7 heteroatoms. The highest BCUT2D eigenvalue weighted by molar-refractivity contribution is 6.10. The SMILES string of the molecule is Cc1c(C(=O)NN)c2ccccc2n1C(=O)COc1ccccc1F. The number of nitrogens with zero attached hydrogens (tertiary/aromatic N) is 1. The fourth-order valence-corrected chi connectivity index (χ4v) is 2.81. The normalized spacial score (nSPS) is 10.7. The third-order valence-corrected chi connectivity index (χ3v) is 3.91. The quantitative estimate of drug-likeness (QED) is 0.433. The molecule has 3 rings (SSSR count). The van der Waals surface area contributed by atoms with Gasteiger partial charge in [0, 0.05) is 11.1 Å². The number of fused-ring (bicyclic) bond motifs is 1. The van der Waals surface area contributed by atoms with Crippen LogP contribution in [-0.4, -0.2) is 23.0 Å². The van der Waals surface area contributed by atoms with E-state index >= 15 is 0 Å². The Kier molecular flexibility index (Phi) is 4.49. The standard InChI is InChI=1S/C18H16FN3O3/c1-11-17(18(24)21-20)12-6-2-4-8-14(12)22(11)16(23)10-25-15-9-5-3-7-13(15)19/h2-9H,10,20H2,1H3,(H,21,24). The summed E-state index contributed by atoms with van der Waals surface area (Å²) in [6.45, 7) is 1.27. The van der Waals surface area contributed by atoms with Crippen LogP contribution < -0.4 is 16.0 Å². The molecule has 0 atom stereocenters. The number of ether oxygens (including phenoxy) is 1. The number of aromatic nitrogens is 1. The van der Waals surface area contributed by atoms with Gasteiger partial charge in [-0.15, -0.1) is 0 Å². The summed E-state index contributed by atoms with van der Waals surface area (Å²) in [6, 6.07) is 12.8. The van der Waals surface area contributed by atoms with Crippen LogP contribution in [0.25, 0.3) is 10.9 Å². The van der Waals surface area contributed by atoms with Gasteiger partial charge in [0.2, 0.25) is 0 Å². The summed E-state index contributed by atoms with van der Waals surface area (Å²) in [6.07, 6.45) is 0. The van der Waals surface area contributed by atoms with Gasteiger partial charge in [-0.25, -0.2) is 10.2 Å². The zero-order valence-corrected chi connectivity index (χ0v) is 13.5. The van der Waals surface area contributed by atoms with Crippen LogP contribution in [0.2, 0.25) is 0 Å². The van der Waals surface area contributed by atoms with Gasteiger partial charge in [0.25, 0.3) is 11.8 Å². The number of benzene rings is 2. The number of rotatable bonds is 4. The van der Waals surface area contributed by atoms with Gasteiger partial charge in [0.05, 0.1) is 11.1 Å². The van der Waals surface area contributed by atoms with Crippen molar-refractivity contribution in [1.82, 2.24) is 9.99 Å². The molecule has 0 saturated carbocycles. The van der Waals surface area contributed by atoms with Gasteiger partial charge in [0.15, 0.2) is 18.2 Å². The van der Waals surface area contributed by atoms with E-state index in [-0.39, 0.29) is 12.4 Å². The molecule has 25 heavy (non-hydrogen) atoms. The first kappa shape index (κ1) is 16.7. The number of amides is 1. The van der Waals surface area contributed by atoms with Gasteiger partial charge in [-0.05, 0) is 25.1 Å². The molecule has 0 aliphatic rings. The van der Waals surface area contributed by atoms with E-state index in [2.05, 4.69) is 5.43 Å². The number of carbonyl (C=O) groups is 2. The van der Waals surface area contributed by atoms with E-state index in [1.165, 1.54) is 22.8 Å². The van der Waals surface area contributed by atoms with Crippen LogP contribution in [0.4, 0.5) is 4.39 Å². The van der Waals surface area contributed by atoms with E-state index in [0.29, 0.717) is 22.2 Å². The Bertz CT molecular complexity index is 965. The summed E-state index contributed by atoms with van der Waals surface area (Å²) in [5, 5.41) is 0.599. The second kappa shape index (κ2) is 6.74. The first-order valence-corrected chi connectivity index (χ1v) is 7.56. The van der Waals surface area contributed by atoms with Crippen molar-refractivity contribution in [3.8, 4) is 5.75 Å². The van der Waals surface area contributed by atoms with Crippen LogP contribution in [0.1, 0.15) is 20.8 Å². The average Bonchev–Trinajstić information content (AvgIpc) is 2.92. The fraction of sp³-hybridized carbons (Fsp3) is 0.111. The number of hydrazine groups is 1. The van der Waals surface area contributed by atoms with E-state index in [0.717, 1.165) is 0 Å². The Hall–Kier alpha value is -3.19. The summed E-state index contributed by atoms with van der Waals surface area (Å²) in [5.74, 6) is 3.77. The predicted molar refractivity (Wildman–Crippen MR) is 90.9 cm³/mol. The van der Waals surface area contributed by atoms with Crippen molar-refractivity contribution >= 4 is 22.7 Å². The molecule has 1 aromatic heterocycles. The predicted octanol–water partition coefficient (Wildman–Crippen LogP) is 2.41. The molecule has 3 N–H and O–H groups in total. The Morgan fingerprint density at radius 2 is 1.84 bits per heavy atom. The zero-order chi connectivity index (χ0) is 18.0. The molecule has 0 aliphatic heterocycles. The van der Waals surface area contributed by atoms with Crippen molar-refractivity contribution in [1.29, 1.82) is 0 Å². The average molecular weight is 341 g/mol. The Labute approximate surface area is 143 Å². The summed E-state index contributed by atoms with van der Waals surface area (Å²) in [4.78, 5) is 24.7. The minimum absolute atomic E-state index is 0.00936. The van der Waals surface area contributed by atoms with E-state index < -0.39 is 17.6 Å². The summed E-state index contributed by atoms with van der Waals surface area (Å²) >= 11 is 0. The van der Waals surface area contributed by atoms with E-state index in [9.17, 15) is 14.0 Å². The van der Waals surface area contributed by atoms with Crippen LogP contribution in [0.15, 0.2) is 48.5 Å². The minimum Gasteiger partial charge on any atom is -0.481 e. The monoisotopic (exact) mass is 341 g/mol. The number of nitrogen functional groups attached to an aromatic ring is 1. The molecule has 128 valence electrons. The van der Waals surface area contributed by atoms with Crippen molar-refractivity contribution in [2.24, 2.45) is 5.84 Å². The highest BCUT2D eigenvalue weighted by Gasteiger charge is 2.22. The van der Waals surface area contributed by atoms with Gasteiger partial charge in [-0.1, -0.05) is 30.3 Å². The summed E-state index contributed by atoms with van der Waals surface area (Å²) < 4.78 is 20.3. The maximum Gasteiger partial charge on any atom is 0.269 e. The highest BCUT2D eigenvalue weighted by atomic mass is 19.1. The first-order valence-electron chi connectivity index (χ1n) is 7.56. The molecule has 0 saturated heterocycles. The largest absolute Gasteiger partial charge is 0.481 e. The minimum atomic E-state index is -0.549. The van der Waals surface area contributed by atoms with Crippen LogP contribution >= 0.6 is 0 Å². The van der Waals surface area contributed by atoms with E-state index in [1.807, 2.05) is 0 Å².